The van der Waals surface area contributed by atoms with Gasteiger partial charge in [0.1, 0.15) is 0 Å². The molecule has 0 aromatic heterocycles. The Morgan fingerprint density at radius 2 is 1.33 bits per heavy atom. The van der Waals surface area contributed by atoms with Crippen molar-refractivity contribution in [2.24, 2.45) is 0 Å². The second kappa shape index (κ2) is 8.82. The molecule has 6 heavy (non-hydrogen) atoms. The minimum absolute atomic E-state index is 2.00. The van der Waals surface area contributed by atoms with Gasteiger partial charge in [0.2, 0.25) is 0 Å². The average Bonchev–Trinajstić information content (AvgIpc) is 1.41. The van der Waals surface area contributed by atoms with Crippen LogP contribution in [0.4, 0.5) is 0 Å². The second-order valence-electron chi connectivity index (χ2n) is 0.235. The van der Waals surface area contributed by atoms with Crippen LogP contribution in [0.15, 0.2) is 0 Å². The first kappa shape index (κ1) is 9.15. The molecule has 0 unspecified atom stereocenters. The summed E-state index contributed by atoms with van der Waals surface area (Å²) in [5, 5.41) is 0. The summed E-state index contributed by atoms with van der Waals surface area (Å²) >= 11 is 0. The monoisotopic (exact) mass is 109 g/mol. The second-order valence-corrected chi connectivity index (χ2v) is 0.704. The van der Waals surface area contributed by atoms with Crippen LogP contribution in [0.1, 0.15) is 13.8 Å². The lowest BCUT2D eigenvalue weighted by Gasteiger charge is -1.18. The van der Waals surface area contributed by atoms with Gasteiger partial charge in [-0.3, -0.25) is 0 Å². The van der Waals surface area contributed by atoms with Crippen LogP contribution in [0.2, 0.25) is 0 Å². The molecule has 0 aliphatic rings. The van der Waals surface area contributed by atoms with Gasteiger partial charge in [0.05, 0.1) is 0 Å². The van der Waals surface area contributed by atoms with E-state index >= 15 is 0 Å². The van der Waals surface area contributed by atoms with Gasteiger partial charge in [0.25, 0.3) is 0 Å². The fraction of sp³-hybridized carbons (Fsp3) is 1.00. The molecule has 3 nitrogen and oxygen atoms in total. The molecule has 0 aromatic rings. The van der Waals surface area contributed by atoms with Crippen LogP contribution in [-0.2, 0) is 10.5 Å². The van der Waals surface area contributed by atoms with Gasteiger partial charge in [-0.2, -0.15) is 13.2 Å². The molecule has 0 atom stereocenters. The molecule has 0 spiro atoms. The quantitative estimate of drug-likeness (QED) is 0.496. The summed E-state index contributed by atoms with van der Waals surface area (Å²) in [6, 6.07) is 0. The van der Waals surface area contributed by atoms with E-state index in [1.54, 1.807) is 0 Å². The van der Waals surface area contributed by atoms with E-state index in [2.05, 4.69) is 0 Å². The number of hydrogen-bond acceptors (Lipinski definition) is 3. The molecule has 38 valence electrons. The molecule has 0 radical (unpaired) electrons. The minimum Gasteiger partial charge on any atom is -0.188 e. The van der Waals surface area contributed by atoms with Crippen LogP contribution in [0.25, 0.3) is 0 Å². The average molecular weight is 109 g/mol. The molecule has 4 heteroatoms. The minimum atomic E-state index is -2.61. The number of rotatable bonds is 0. The van der Waals surface area contributed by atoms with Crippen molar-refractivity contribution in [3.05, 3.63) is 0 Å². The Bertz CT molecular complexity index is 80.9. The summed E-state index contributed by atoms with van der Waals surface area (Å²) in [5.74, 6) is 0. The topological polar surface area (TPSA) is 58.0 Å². The van der Waals surface area contributed by atoms with Crippen LogP contribution >= 0.6 is 0 Å². The van der Waals surface area contributed by atoms with E-state index in [9.17, 15) is 0 Å². The van der Waals surface area contributed by atoms with Crippen LogP contribution < -0.4 is 0 Å². The summed E-state index contributed by atoms with van der Waals surface area (Å²) in [6.45, 7) is 4.00. The summed E-state index contributed by atoms with van der Waals surface area (Å²) in [7, 11) is -2.61. The lowest BCUT2D eigenvalue weighted by Crippen LogP contribution is -1.34. The fourth-order valence-electron chi connectivity index (χ4n) is 0. The van der Waals surface area contributed by atoms with E-state index in [0.29, 0.717) is 0 Å². The Morgan fingerprint density at radius 3 is 1.33 bits per heavy atom. The van der Waals surface area contributed by atoms with Crippen molar-refractivity contribution < 1.29 is 8.42 Å². The molecule has 0 bridgehead atoms. The normalized spacial score (nSPS) is 5.00. The smallest absolute Gasteiger partial charge is 0.188 e. The first-order valence-corrected chi connectivity index (χ1v) is 2.61. The Hall–Kier alpha value is -0.380. The summed E-state index contributed by atoms with van der Waals surface area (Å²) in [6.07, 6.45) is 0. The van der Waals surface area contributed by atoms with Crippen molar-refractivity contribution in [3.8, 4) is 0 Å². The van der Waals surface area contributed by atoms with Gasteiger partial charge >= 0.3 is 10.5 Å². The highest BCUT2D eigenvalue weighted by atomic mass is 32.2. The SMILES string of the molecule is CC.N=S(=O)=O. The van der Waals surface area contributed by atoms with Crippen molar-refractivity contribution in [1.82, 2.24) is 0 Å². The van der Waals surface area contributed by atoms with Crippen molar-refractivity contribution in [2.45, 2.75) is 13.8 Å². The molecule has 0 fully saturated rings. The number of nitrogens with one attached hydrogen (secondary N) is 1. The van der Waals surface area contributed by atoms with E-state index < -0.39 is 10.5 Å². The molecule has 1 N–H and O–H groups in total. The largest absolute Gasteiger partial charge is 0.308 e. The number of hydrogen-bond donors (Lipinski definition) is 1. The molecule has 0 saturated carbocycles. The Labute approximate surface area is 38.5 Å². The molecule has 0 aliphatic carbocycles. The summed E-state index contributed by atoms with van der Waals surface area (Å²) in [4.78, 5) is 0. The lowest BCUT2D eigenvalue weighted by atomic mass is 11.0. The third-order valence-corrected chi connectivity index (χ3v) is 0. The van der Waals surface area contributed by atoms with E-state index in [4.69, 9.17) is 13.2 Å². The van der Waals surface area contributed by atoms with Gasteiger partial charge in [-0.15, -0.1) is 0 Å². The Balaban J connectivity index is 0. The molecule has 0 rings (SSSR count). The van der Waals surface area contributed by atoms with Gasteiger partial charge in [-0.05, 0) is 0 Å². The highest BCUT2D eigenvalue weighted by Crippen LogP contribution is 1.15. The molecule has 0 saturated heterocycles. The zero-order valence-electron chi connectivity index (χ0n) is 3.72. The van der Waals surface area contributed by atoms with Crippen molar-refractivity contribution >= 4 is 10.5 Å². The fourth-order valence-corrected chi connectivity index (χ4v) is 0. The predicted octanol–water partition coefficient (Wildman–Crippen LogP) is 0.654. The van der Waals surface area contributed by atoms with Gasteiger partial charge < -0.3 is 0 Å². The van der Waals surface area contributed by atoms with E-state index in [1.165, 1.54) is 0 Å². The van der Waals surface area contributed by atoms with Crippen LogP contribution in [0.3, 0.4) is 0 Å². The van der Waals surface area contributed by atoms with Gasteiger partial charge in [-0.25, -0.2) is 0 Å². The van der Waals surface area contributed by atoms with E-state index in [-0.39, 0.29) is 0 Å². The predicted molar refractivity (Wildman–Crippen MR) is 23.0 cm³/mol. The lowest BCUT2D eigenvalue weighted by molar-refractivity contribution is 0.620. The van der Waals surface area contributed by atoms with Crippen molar-refractivity contribution in [1.29, 1.82) is 4.78 Å². The highest BCUT2D eigenvalue weighted by Gasteiger charge is 1.32. The highest BCUT2D eigenvalue weighted by molar-refractivity contribution is 7.60. The summed E-state index contributed by atoms with van der Waals surface area (Å²) in [5.41, 5.74) is 0. The van der Waals surface area contributed by atoms with Gasteiger partial charge in [-0.1, -0.05) is 13.8 Å². The third-order valence-electron chi connectivity index (χ3n) is 0. The van der Waals surface area contributed by atoms with Crippen molar-refractivity contribution in [3.63, 3.8) is 0 Å². The maximum absolute atomic E-state index is 8.67. The van der Waals surface area contributed by atoms with Crippen LogP contribution in [0.5, 0.6) is 0 Å². The first-order valence-electron chi connectivity index (χ1n) is 1.54. The molecule has 0 heterocycles. The van der Waals surface area contributed by atoms with Crippen molar-refractivity contribution in [2.75, 3.05) is 0 Å². The summed E-state index contributed by atoms with van der Waals surface area (Å²) < 4.78 is 22.8. The van der Waals surface area contributed by atoms with E-state index in [1.807, 2.05) is 13.8 Å². The molecule has 0 aliphatic heterocycles. The molecular formula is C2H7NO2S. The van der Waals surface area contributed by atoms with Gasteiger partial charge in [0, 0.05) is 0 Å². The van der Waals surface area contributed by atoms with Gasteiger partial charge in [0.15, 0.2) is 0 Å². The zero-order valence-corrected chi connectivity index (χ0v) is 4.54. The Kier molecular flexibility index (Phi) is 13.5. The first-order chi connectivity index (χ1) is 2.73. The third kappa shape index (κ3) is 172. The van der Waals surface area contributed by atoms with Crippen LogP contribution in [0, 0.1) is 4.78 Å². The maximum atomic E-state index is 8.67. The zero-order chi connectivity index (χ0) is 5.58. The van der Waals surface area contributed by atoms with E-state index in [0.717, 1.165) is 0 Å². The standard InChI is InChI=1S/C2H6.HNO2S/c1-2;1-4(2)3/h1-2H3;1H. The Morgan fingerprint density at radius 1 is 1.33 bits per heavy atom. The maximum Gasteiger partial charge on any atom is 0.308 e. The molecule has 0 aromatic carbocycles. The molecule has 0 amide bonds. The molecular weight excluding hydrogens is 102 g/mol. The van der Waals surface area contributed by atoms with Crippen LogP contribution in [-0.4, -0.2) is 8.42 Å².